The molecule has 2 aromatic rings. The molecule has 0 spiro atoms. The Morgan fingerprint density at radius 2 is 2.08 bits per heavy atom. The van der Waals surface area contributed by atoms with Crippen LogP contribution in [0.15, 0.2) is 30.6 Å². The Hall–Kier alpha value is -2.45. The van der Waals surface area contributed by atoms with Gasteiger partial charge in [-0.05, 0) is 44.8 Å². The van der Waals surface area contributed by atoms with Gasteiger partial charge in [-0.3, -0.25) is 4.68 Å². The van der Waals surface area contributed by atoms with Crippen LogP contribution < -0.4 is 10.6 Å². The van der Waals surface area contributed by atoms with Gasteiger partial charge in [0.25, 0.3) is 0 Å². The molecule has 7 nitrogen and oxygen atoms in total. The van der Waals surface area contributed by atoms with Crippen molar-refractivity contribution in [2.75, 3.05) is 31.3 Å². The fourth-order valence-corrected chi connectivity index (χ4v) is 2.24. The van der Waals surface area contributed by atoms with Crippen LogP contribution >= 0.6 is 0 Å². The van der Waals surface area contributed by atoms with E-state index in [0.29, 0.717) is 30.0 Å². The minimum atomic E-state index is -0.552. The highest BCUT2D eigenvalue weighted by Crippen LogP contribution is 2.14. The summed E-state index contributed by atoms with van der Waals surface area (Å²) in [5, 5.41) is 19.2. The van der Waals surface area contributed by atoms with Crippen LogP contribution in [-0.2, 0) is 6.54 Å². The zero-order valence-electron chi connectivity index (χ0n) is 14.0. The maximum atomic E-state index is 13.2. The number of aryl methyl sites for hydroxylation is 1. The number of aliphatic hydroxyl groups excluding tert-OH is 1. The van der Waals surface area contributed by atoms with Gasteiger partial charge in [-0.1, -0.05) is 0 Å². The van der Waals surface area contributed by atoms with Crippen LogP contribution in [0.3, 0.4) is 0 Å². The van der Waals surface area contributed by atoms with Crippen LogP contribution in [0, 0.1) is 12.7 Å². The third kappa shape index (κ3) is 5.32. The first-order chi connectivity index (χ1) is 11.3. The predicted molar refractivity (Wildman–Crippen MR) is 90.6 cm³/mol. The molecule has 0 saturated carbocycles. The molecule has 1 aromatic carbocycles. The fourth-order valence-electron chi connectivity index (χ4n) is 2.24. The second-order valence-corrected chi connectivity index (χ2v) is 5.91. The molecular formula is C16H22FN5O2. The van der Waals surface area contributed by atoms with Crippen molar-refractivity contribution in [2.45, 2.75) is 19.6 Å². The normalized spacial score (nSPS) is 12.2. The molecule has 1 unspecified atom stereocenters. The number of amides is 2. The van der Waals surface area contributed by atoms with Crippen molar-refractivity contribution in [3.8, 4) is 0 Å². The number of anilines is 2. The summed E-state index contributed by atoms with van der Waals surface area (Å²) in [7, 11) is 3.75. The summed E-state index contributed by atoms with van der Waals surface area (Å²) in [4.78, 5) is 13.8. The van der Waals surface area contributed by atoms with E-state index in [1.165, 1.54) is 18.3 Å². The van der Waals surface area contributed by atoms with Crippen LogP contribution in [0.2, 0.25) is 0 Å². The van der Waals surface area contributed by atoms with Gasteiger partial charge < -0.3 is 20.6 Å². The van der Waals surface area contributed by atoms with Crippen LogP contribution in [-0.4, -0.2) is 52.6 Å². The van der Waals surface area contributed by atoms with E-state index in [4.69, 9.17) is 0 Å². The molecule has 0 bridgehead atoms. The van der Waals surface area contributed by atoms with Crippen molar-refractivity contribution >= 4 is 17.4 Å². The first-order valence-corrected chi connectivity index (χ1v) is 7.53. The molecule has 0 radical (unpaired) electrons. The summed E-state index contributed by atoms with van der Waals surface area (Å²) in [6, 6.07) is 3.89. The van der Waals surface area contributed by atoms with Gasteiger partial charge in [-0.15, -0.1) is 0 Å². The lowest BCUT2D eigenvalue weighted by molar-refractivity contribution is 0.116. The standard InChI is InChI=1S/C16H22FN5O2/c1-11-6-12(4-5-15(11)17)19-16(24)20-13-7-18-22(8-13)10-14(23)9-21(2)3/h4-8,14,23H,9-10H2,1-3H3,(H2,19,20,24). The topological polar surface area (TPSA) is 82.4 Å². The van der Waals surface area contributed by atoms with E-state index in [1.54, 1.807) is 23.9 Å². The van der Waals surface area contributed by atoms with Crippen molar-refractivity contribution in [3.05, 3.63) is 42.0 Å². The van der Waals surface area contributed by atoms with Crippen LogP contribution in [0.25, 0.3) is 0 Å². The molecule has 1 aromatic heterocycles. The largest absolute Gasteiger partial charge is 0.390 e. The number of hydrogen-bond donors (Lipinski definition) is 3. The Bertz CT molecular complexity index is 702. The lowest BCUT2D eigenvalue weighted by atomic mass is 10.2. The number of carbonyl (C=O) groups is 1. The van der Waals surface area contributed by atoms with E-state index in [0.717, 1.165) is 0 Å². The van der Waals surface area contributed by atoms with E-state index < -0.39 is 12.1 Å². The minimum absolute atomic E-state index is 0.321. The average molecular weight is 335 g/mol. The third-order valence-electron chi connectivity index (χ3n) is 3.28. The Labute approximate surface area is 140 Å². The number of aromatic nitrogens is 2. The molecule has 0 saturated heterocycles. The third-order valence-corrected chi connectivity index (χ3v) is 3.28. The number of hydrogen-bond acceptors (Lipinski definition) is 4. The number of halogens is 1. The summed E-state index contributed by atoms with van der Waals surface area (Å²) in [6.07, 6.45) is 2.58. The van der Waals surface area contributed by atoms with Crippen LogP contribution in [0.4, 0.5) is 20.6 Å². The molecule has 3 N–H and O–H groups in total. The summed E-state index contributed by atoms with van der Waals surface area (Å²) < 4.78 is 14.8. The summed E-state index contributed by atoms with van der Waals surface area (Å²) in [5.41, 5.74) is 1.46. The molecule has 1 atom stereocenters. The molecule has 0 aliphatic rings. The summed E-state index contributed by atoms with van der Waals surface area (Å²) >= 11 is 0. The molecule has 0 aliphatic heterocycles. The number of rotatable bonds is 6. The Morgan fingerprint density at radius 1 is 1.38 bits per heavy atom. The molecule has 2 rings (SSSR count). The number of likely N-dealkylation sites (N-methyl/N-ethyl adjacent to an activating group) is 1. The van der Waals surface area contributed by atoms with Crippen LogP contribution in [0.5, 0.6) is 0 Å². The van der Waals surface area contributed by atoms with Crippen molar-refractivity contribution < 1.29 is 14.3 Å². The average Bonchev–Trinajstić information content (AvgIpc) is 2.88. The summed E-state index contributed by atoms with van der Waals surface area (Å²) in [6.45, 7) is 2.48. The second kappa shape index (κ2) is 7.89. The van der Waals surface area contributed by atoms with E-state index in [1.807, 2.05) is 19.0 Å². The smallest absolute Gasteiger partial charge is 0.323 e. The predicted octanol–water partition coefficient (Wildman–Crippen LogP) is 1.90. The van der Waals surface area contributed by atoms with Crippen molar-refractivity contribution in [3.63, 3.8) is 0 Å². The van der Waals surface area contributed by atoms with Gasteiger partial charge in [0.1, 0.15) is 5.82 Å². The lowest BCUT2D eigenvalue weighted by Gasteiger charge is -2.15. The van der Waals surface area contributed by atoms with Crippen LogP contribution in [0.1, 0.15) is 5.56 Å². The van der Waals surface area contributed by atoms with Crippen molar-refractivity contribution in [2.24, 2.45) is 0 Å². The fraction of sp³-hybridized carbons (Fsp3) is 0.375. The molecule has 2 amide bonds. The first-order valence-electron chi connectivity index (χ1n) is 7.53. The molecule has 130 valence electrons. The molecule has 1 heterocycles. The highest BCUT2D eigenvalue weighted by molar-refractivity contribution is 5.99. The van der Waals surface area contributed by atoms with Gasteiger partial charge in [0, 0.05) is 18.4 Å². The number of carbonyl (C=O) groups excluding carboxylic acids is 1. The molecular weight excluding hydrogens is 313 g/mol. The van der Waals surface area contributed by atoms with E-state index >= 15 is 0 Å². The number of aliphatic hydroxyl groups is 1. The van der Waals surface area contributed by atoms with E-state index in [2.05, 4.69) is 15.7 Å². The second-order valence-electron chi connectivity index (χ2n) is 5.91. The number of urea groups is 1. The van der Waals surface area contributed by atoms with Crippen molar-refractivity contribution in [1.82, 2.24) is 14.7 Å². The van der Waals surface area contributed by atoms with Crippen molar-refractivity contribution in [1.29, 1.82) is 0 Å². The highest BCUT2D eigenvalue weighted by atomic mass is 19.1. The van der Waals surface area contributed by atoms with E-state index in [-0.39, 0.29) is 5.82 Å². The zero-order valence-corrected chi connectivity index (χ0v) is 14.0. The molecule has 24 heavy (non-hydrogen) atoms. The van der Waals surface area contributed by atoms with Gasteiger partial charge in [-0.25, -0.2) is 9.18 Å². The number of nitrogens with zero attached hydrogens (tertiary/aromatic N) is 3. The van der Waals surface area contributed by atoms with Gasteiger partial charge in [0.05, 0.1) is 24.5 Å². The van der Waals surface area contributed by atoms with E-state index in [9.17, 15) is 14.3 Å². The molecule has 8 heteroatoms. The zero-order chi connectivity index (χ0) is 17.7. The molecule has 0 fully saturated rings. The monoisotopic (exact) mass is 335 g/mol. The van der Waals surface area contributed by atoms with Gasteiger partial charge >= 0.3 is 6.03 Å². The van der Waals surface area contributed by atoms with Gasteiger partial charge in [0.2, 0.25) is 0 Å². The number of nitrogens with one attached hydrogen (secondary N) is 2. The Kier molecular flexibility index (Phi) is 5.88. The van der Waals surface area contributed by atoms with Gasteiger partial charge in [0.15, 0.2) is 0 Å². The lowest BCUT2D eigenvalue weighted by Crippen LogP contribution is -2.29. The highest BCUT2D eigenvalue weighted by Gasteiger charge is 2.10. The Balaban J connectivity index is 1.89. The van der Waals surface area contributed by atoms with Gasteiger partial charge in [-0.2, -0.15) is 5.10 Å². The minimum Gasteiger partial charge on any atom is -0.390 e. The Morgan fingerprint density at radius 3 is 2.75 bits per heavy atom. The quantitative estimate of drug-likeness (QED) is 0.753. The summed E-state index contributed by atoms with van der Waals surface area (Å²) in [5.74, 6) is -0.321. The first kappa shape index (κ1) is 17.9. The SMILES string of the molecule is Cc1cc(NC(=O)Nc2cnn(CC(O)CN(C)C)c2)ccc1F. The molecule has 0 aliphatic carbocycles. The maximum absolute atomic E-state index is 13.2. The maximum Gasteiger partial charge on any atom is 0.323 e. The number of benzene rings is 1.